The standard InChI is InChI=1S/C14H11BrFN3/c15-12-5-2-8-19-13(17-18-14(12)19)7-6-10-3-1-4-11(16)9-10/h1-5,8-9H,6-7H2. The van der Waals surface area contributed by atoms with Crippen LogP contribution in [0.25, 0.3) is 5.65 Å². The Hall–Kier alpha value is -1.75. The van der Waals surface area contributed by atoms with Gasteiger partial charge < -0.3 is 0 Å². The van der Waals surface area contributed by atoms with Crippen molar-refractivity contribution in [3.05, 3.63) is 64.3 Å². The van der Waals surface area contributed by atoms with Crippen LogP contribution in [0, 0.1) is 5.82 Å². The highest BCUT2D eigenvalue weighted by Crippen LogP contribution is 2.17. The molecule has 19 heavy (non-hydrogen) atoms. The number of benzene rings is 1. The number of pyridine rings is 1. The Bertz CT molecular complexity index is 724. The Morgan fingerprint density at radius 3 is 2.84 bits per heavy atom. The highest BCUT2D eigenvalue weighted by Gasteiger charge is 2.07. The van der Waals surface area contributed by atoms with Crippen molar-refractivity contribution in [2.24, 2.45) is 0 Å². The smallest absolute Gasteiger partial charge is 0.175 e. The molecule has 1 aromatic carbocycles. The van der Waals surface area contributed by atoms with Crippen molar-refractivity contribution in [2.75, 3.05) is 0 Å². The molecule has 0 saturated carbocycles. The average molecular weight is 320 g/mol. The van der Waals surface area contributed by atoms with E-state index in [1.165, 1.54) is 6.07 Å². The van der Waals surface area contributed by atoms with Crippen molar-refractivity contribution in [3.63, 3.8) is 0 Å². The number of halogens is 2. The van der Waals surface area contributed by atoms with Gasteiger partial charge in [-0.1, -0.05) is 12.1 Å². The van der Waals surface area contributed by atoms with Crippen LogP contribution in [0.15, 0.2) is 47.1 Å². The molecule has 96 valence electrons. The molecule has 0 radical (unpaired) electrons. The number of nitrogens with zero attached hydrogens (tertiary/aromatic N) is 3. The van der Waals surface area contributed by atoms with Crippen molar-refractivity contribution >= 4 is 21.6 Å². The summed E-state index contributed by atoms with van der Waals surface area (Å²) in [6.45, 7) is 0. The molecular weight excluding hydrogens is 309 g/mol. The maximum absolute atomic E-state index is 13.1. The number of hydrogen-bond donors (Lipinski definition) is 0. The zero-order valence-corrected chi connectivity index (χ0v) is 11.6. The number of fused-ring (bicyclic) bond motifs is 1. The number of aryl methyl sites for hydroxylation is 2. The SMILES string of the molecule is Fc1cccc(CCc2nnc3c(Br)cccn23)c1. The summed E-state index contributed by atoms with van der Waals surface area (Å²) >= 11 is 3.44. The first kappa shape index (κ1) is 12.3. The lowest BCUT2D eigenvalue weighted by atomic mass is 10.1. The van der Waals surface area contributed by atoms with Crippen molar-refractivity contribution in [1.82, 2.24) is 14.6 Å². The predicted molar refractivity (Wildman–Crippen MR) is 74.5 cm³/mol. The minimum absolute atomic E-state index is 0.202. The van der Waals surface area contributed by atoms with Crippen LogP contribution in [0.1, 0.15) is 11.4 Å². The third-order valence-corrected chi connectivity index (χ3v) is 3.60. The van der Waals surface area contributed by atoms with Crippen LogP contribution in [-0.4, -0.2) is 14.6 Å². The molecule has 0 saturated heterocycles. The Morgan fingerprint density at radius 1 is 1.11 bits per heavy atom. The second kappa shape index (κ2) is 5.09. The van der Waals surface area contributed by atoms with Crippen LogP contribution in [-0.2, 0) is 12.8 Å². The average Bonchev–Trinajstić information content (AvgIpc) is 2.81. The summed E-state index contributed by atoms with van der Waals surface area (Å²) in [4.78, 5) is 0. The van der Waals surface area contributed by atoms with Crippen molar-refractivity contribution in [3.8, 4) is 0 Å². The Morgan fingerprint density at radius 2 is 2.00 bits per heavy atom. The molecule has 0 aliphatic carbocycles. The molecule has 0 aliphatic heterocycles. The van der Waals surface area contributed by atoms with E-state index < -0.39 is 0 Å². The first-order chi connectivity index (χ1) is 9.24. The van der Waals surface area contributed by atoms with Gasteiger partial charge in [0.05, 0.1) is 4.47 Å². The van der Waals surface area contributed by atoms with Crippen LogP contribution in [0.3, 0.4) is 0 Å². The van der Waals surface area contributed by atoms with Crippen LogP contribution >= 0.6 is 15.9 Å². The van der Waals surface area contributed by atoms with Crippen LogP contribution < -0.4 is 0 Å². The number of rotatable bonds is 3. The van der Waals surface area contributed by atoms with Gasteiger partial charge in [0, 0.05) is 12.6 Å². The molecule has 0 amide bonds. The lowest BCUT2D eigenvalue weighted by molar-refractivity contribution is 0.625. The van der Waals surface area contributed by atoms with Gasteiger partial charge >= 0.3 is 0 Å². The summed E-state index contributed by atoms with van der Waals surface area (Å²) in [6.07, 6.45) is 3.40. The molecule has 0 fully saturated rings. The topological polar surface area (TPSA) is 30.2 Å². The molecule has 0 N–H and O–H groups in total. The first-order valence-electron chi connectivity index (χ1n) is 5.96. The zero-order chi connectivity index (χ0) is 13.2. The van der Waals surface area contributed by atoms with E-state index in [0.717, 1.165) is 34.3 Å². The van der Waals surface area contributed by atoms with Gasteiger partial charge in [-0.3, -0.25) is 4.40 Å². The molecule has 0 bridgehead atoms. The zero-order valence-electron chi connectivity index (χ0n) is 10.1. The molecule has 2 aromatic heterocycles. The summed E-state index contributed by atoms with van der Waals surface area (Å²) in [6, 6.07) is 10.5. The van der Waals surface area contributed by atoms with Gasteiger partial charge in [0.25, 0.3) is 0 Å². The van der Waals surface area contributed by atoms with Crippen LogP contribution in [0.4, 0.5) is 4.39 Å². The largest absolute Gasteiger partial charge is 0.285 e. The minimum Gasteiger partial charge on any atom is -0.285 e. The summed E-state index contributed by atoms with van der Waals surface area (Å²) in [7, 11) is 0. The fourth-order valence-corrected chi connectivity index (χ4v) is 2.47. The normalized spacial score (nSPS) is 11.1. The molecule has 2 heterocycles. The Kier molecular flexibility index (Phi) is 3.29. The molecule has 0 aliphatic rings. The lowest BCUT2D eigenvalue weighted by Crippen LogP contribution is -1.98. The van der Waals surface area contributed by atoms with E-state index in [-0.39, 0.29) is 5.82 Å². The summed E-state index contributed by atoms with van der Waals surface area (Å²) in [5.74, 6) is 0.673. The highest BCUT2D eigenvalue weighted by molar-refractivity contribution is 9.10. The minimum atomic E-state index is -0.202. The van der Waals surface area contributed by atoms with E-state index in [1.54, 1.807) is 12.1 Å². The molecule has 0 spiro atoms. The third-order valence-electron chi connectivity index (χ3n) is 2.98. The van der Waals surface area contributed by atoms with Crippen LogP contribution in [0.2, 0.25) is 0 Å². The summed E-state index contributed by atoms with van der Waals surface area (Å²) < 4.78 is 16.0. The van der Waals surface area contributed by atoms with E-state index >= 15 is 0 Å². The van der Waals surface area contributed by atoms with Gasteiger partial charge in [-0.2, -0.15) is 0 Å². The molecule has 3 nitrogen and oxygen atoms in total. The maximum atomic E-state index is 13.1. The van der Waals surface area contributed by atoms with Crippen molar-refractivity contribution in [2.45, 2.75) is 12.8 Å². The van der Waals surface area contributed by atoms with E-state index in [0.29, 0.717) is 0 Å². The monoisotopic (exact) mass is 319 g/mol. The van der Waals surface area contributed by atoms with Crippen molar-refractivity contribution < 1.29 is 4.39 Å². The molecule has 0 atom stereocenters. The van der Waals surface area contributed by atoms with Gasteiger partial charge in [0.1, 0.15) is 11.6 Å². The van der Waals surface area contributed by atoms with Crippen molar-refractivity contribution in [1.29, 1.82) is 0 Å². The van der Waals surface area contributed by atoms with E-state index in [1.807, 2.05) is 28.8 Å². The fraction of sp³-hybridized carbons (Fsp3) is 0.143. The highest BCUT2D eigenvalue weighted by atomic mass is 79.9. The molecular formula is C14H11BrFN3. The summed E-state index contributed by atoms with van der Waals surface area (Å²) in [5.41, 5.74) is 1.77. The van der Waals surface area contributed by atoms with Gasteiger partial charge in [-0.05, 0) is 52.2 Å². The fourth-order valence-electron chi connectivity index (χ4n) is 2.05. The Labute approximate surface area is 118 Å². The molecule has 3 rings (SSSR count). The molecule has 3 aromatic rings. The number of aromatic nitrogens is 3. The third kappa shape index (κ3) is 2.51. The van der Waals surface area contributed by atoms with Gasteiger partial charge in [-0.15, -0.1) is 10.2 Å². The molecule has 0 unspecified atom stereocenters. The maximum Gasteiger partial charge on any atom is 0.175 e. The quantitative estimate of drug-likeness (QED) is 0.740. The van der Waals surface area contributed by atoms with Gasteiger partial charge in [0.2, 0.25) is 0 Å². The first-order valence-corrected chi connectivity index (χ1v) is 6.76. The van der Waals surface area contributed by atoms with Crippen LogP contribution in [0.5, 0.6) is 0 Å². The van der Waals surface area contributed by atoms with E-state index in [9.17, 15) is 4.39 Å². The summed E-state index contributed by atoms with van der Waals surface area (Å²) in [5, 5.41) is 8.32. The van der Waals surface area contributed by atoms with Gasteiger partial charge in [0.15, 0.2) is 5.65 Å². The second-order valence-electron chi connectivity index (χ2n) is 4.30. The van der Waals surface area contributed by atoms with Gasteiger partial charge in [-0.25, -0.2) is 4.39 Å². The predicted octanol–water partition coefficient (Wildman–Crippen LogP) is 3.42. The molecule has 5 heteroatoms. The Balaban J connectivity index is 1.84. The van der Waals surface area contributed by atoms with E-state index in [2.05, 4.69) is 26.1 Å². The van der Waals surface area contributed by atoms with E-state index in [4.69, 9.17) is 0 Å². The second-order valence-corrected chi connectivity index (χ2v) is 5.15. The lowest BCUT2D eigenvalue weighted by Gasteiger charge is -2.01. The number of hydrogen-bond acceptors (Lipinski definition) is 2.